The summed E-state index contributed by atoms with van der Waals surface area (Å²) < 4.78 is 5.12. The van der Waals surface area contributed by atoms with E-state index in [-0.39, 0.29) is 5.91 Å². The van der Waals surface area contributed by atoms with Crippen molar-refractivity contribution in [2.45, 2.75) is 18.8 Å². The topological polar surface area (TPSA) is 82.8 Å². The molecule has 2 aromatic heterocycles. The van der Waals surface area contributed by atoms with Crippen molar-refractivity contribution in [3.63, 3.8) is 0 Å². The van der Waals surface area contributed by atoms with Crippen LogP contribution in [0.5, 0.6) is 5.75 Å². The average molecular weight is 372 g/mol. The zero-order valence-corrected chi connectivity index (χ0v) is 15.5. The predicted molar refractivity (Wildman–Crippen MR) is 108 cm³/mol. The van der Waals surface area contributed by atoms with Gasteiger partial charge in [0.2, 0.25) is 0 Å². The van der Waals surface area contributed by atoms with Crippen LogP contribution in [0, 0.1) is 0 Å². The number of aromatic amines is 2. The van der Waals surface area contributed by atoms with Gasteiger partial charge in [-0.25, -0.2) is 0 Å². The molecular weight excluding hydrogens is 352 g/mol. The van der Waals surface area contributed by atoms with Gasteiger partial charge in [-0.2, -0.15) is 5.10 Å². The first-order valence-corrected chi connectivity index (χ1v) is 9.30. The molecule has 2 heterocycles. The number of methoxy groups -OCH3 is 1. The van der Waals surface area contributed by atoms with Gasteiger partial charge in [0.25, 0.3) is 5.91 Å². The van der Waals surface area contributed by atoms with Crippen LogP contribution in [0.2, 0.25) is 0 Å². The third kappa shape index (κ3) is 2.83. The third-order valence-electron chi connectivity index (χ3n) is 5.43. The Balaban J connectivity index is 1.30. The first kappa shape index (κ1) is 16.6. The minimum atomic E-state index is -0.191. The highest BCUT2D eigenvalue weighted by atomic mass is 16.5. The Labute approximate surface area is 161 Å². The molecule has 5 rings (SSSR count). The van der Waals surface area contributed by atoms with E-state index in [0.29, 0.717) is 17.3 Å². The van der Waals surface area contributed by atoms with Gasteiger partial charge < -0.3 is 15.0 Å². The standard InChI is InChI=1S/C22H20N4O2/c1-28-15-8-6-13(7-9-15)22(27)24-21-12-19(25-26-21)14-10-17-16-4-2-3-5-18(16)23-20(17)11-14/h2-9,12,14,23H,10-11H2,1H3,(H2,24,25,26,27). The second kappa shape index (κ2) is 6.56. The van der Waals surface area contributed by atoms with Crippen LogP contribution in [0.1, 0.15) is 33.2 Å². The van der Waals surface area contributed by atoms with Crippen molar-refractivity contribution in [2.75, 3.05) is 12.4 Å². The summed E-state index contributed by atoms with van der Waals surface area (Å²) in [6.45, 7) is 0. The van der Waals surface area contributed by atoms with E-state index in [1.807, 2.05) is 6.07 Å². The summed E-state index contributed by atoms with van der Waals surface area (Å²) in [7, 11) is 1.60. The van der Waals surface area contributed by atoms with Crippen molar-refractivity contribution in [1.82, 2.24) is 15.2 Å². The molecule has 1 amide bonds. The molecule has 0 saturated heterocycles. The number of H-pyrrole nitrogens is 2. The number of para-hydroxylation sites is 1. The molecule has 6 heteroatoms. The number of carbonyl (C=O) groups excluding carboxylic acids is 1. The van der Waals surface area contributed by atoms with Gasteiger partial charge in [0.15, 0.2) is 5.82 Å². The van der Waals surface area contributed by atoms with Crippen LogP contribution in [0.4, 0.5) is 5.82 Å². The first-order valence-electron chi connectivity index (χ1n) is 9.30. The van der Waals surface area contributed by atoms with Gasteiger partial charge in [0, 0.05) is 39.8 Å². The maximum Gasteiger partial charge on any atom is 0.256 e. The van der Waals surface area contributed by atoms with Crippen LogP contribution in [-0.4, -0.2) is 28.2 Å². The number of ether oxygens (including phenoxy) is 1. The quantitative estimate of drug-likeness (QED) is 0.506. The summed E-state index contributed by atoms with van der Waals surface area (Å²) in [5, 5.41) is 11.5. The monoisotopic (exact) mass is 372 g/mol. The largest absolute Gasteiger partial charge is 0.497 e. The minimum Gasteiger partial charge on any atom is -0.497 e. The Bertz CT molecular complexity index is 1160. The molecule has 0 radical (unpaired) electrons. The van der Waals surface area contributed by atoms with Crippen molar-refractivity contribution in [2.24, 2.45) is 0 Å². The summed E-state index contributed by atoms with van der Waals surface area (Å²) >= 11 is 0. The van der Waals surface area contributed by atoms with Crippen molar-refractivity contribution < 1.29 is 9.53 Å². The normalized spacial score (nSPS) is 15.5. The Morgan fingerprint density at radius 1 is 1.14 bits per heavy atom. The number of carbonyl (C=O) groups is 1. The molecular formula is C22H20N4O2. The Hall–Kier alpha value is -3.54. The van der Waals surface area contributed by atoms with Crippen LogP contribution in [0.15, 0.2) is 54.6 Å². The predicted octanol–water partition coefficient (Wildman–Crippen LogP) is 4.03. The highest BCUT2D eigenvalue weighted by Crippen LogP contribution is 2.37. The molecule has 0 saturated carbocycles. The van der Waals surface area contributed by atoms with Gasteiger partial charge in [-0.1, -0.05) is 18.2 Å². The Kier molecular flexibility index (Phi) is 3.90. The summed E-state index contributed by atoms with van der Waals surface area (Å²) in [5.74, 6) is 1.40. The van der Waals surface area contributed by atoms with Crippen LogP contribution in [-0.2, 0) is 12.8 Å². The summed E-state index contributed by atoms with van der Waals surface area (Å²) in [5.41, 5.74) is 5.48. The molecule has 1 unspecified atom stereocenters. The van der Waals surface area contributed by atoms with Gasteiger partial charge in [-0.15, -0.1) is 0 Å². The molecule has 1 aliphatic rings. The van der Waals surface area contributed by atoms with E-state index in [0.717, 1.165) is 24.3 Å². The fourth-order valence-corrected chi connectivity index (χ4v) is 3.99. The molecule has 0 bridgehead atoms. The zero-order valence-electron chi connectivity index (χ0n) is 15.5. The van der Waals surface area contributed by atoms with E-state index in [4.69, 9.17) is 4.74 Å². The third-order valence-corrected chi connectivity index (χ3v) is 5.43. The summed E-state index contributed by atoms with van der Waals surface area (Å²) in [4.78, 5) is 15.9. The summed E-state index contributed by atoms with van der Waals surface area (Å²) in [6.07, 6.45) is 1.91. The average Bonchev–Trinajstić information content (AvgIpc) is 3.42. The molecule has 3 N–H and O–H groups in total. The first-order chi connectivity index (χ1) is 13.7. The maximum absolute atomic E-state index is 12.4. The SMILES string of the molecule is COc1ccc(C(=O)Nc2cc(C3Cc4[nH]c5ccccc5c4C3)[nH]n2)cc1. The lowest BCUT2D eigenvalue weighted by Crippen LogP contribution is -2.11. The lowest BCUT2D eigenvalue weighted by molar-refractivity contribution is 0.102. The van der Waals surface area contributed by atoms with Gasteiger partial charge in [0.1, 0.15) is 5.75 Å². The Morgan fingerprint density at radius 2 is 1.96 bits per heavy atom. The lowest BCUT2D eigenvalue weighted by Gasteiger charge is -2.06. The maximum atomic E-state index is 12.4. The molecule has 0 aliphatic heterocycles. The van der Waals surface area contributed by atoms with Crippen LogP contribution in [0.3, 0.4) is 0 Å². The van der Waals surface area contributed by atoms with Crippen molar-refractivity contribution >= 4 is 22.6 Å². The van der Waals surface area contributed by atoms with E-state index >= 15 is 0 Å². The number of nitrogens with zero attached hydrogens (tertiary/aromatic N) is 1. The number of hydrogen-bond donors (Lipinski definition) is 3. The molecule has 6 nitrogen and oxygen atoms in total. The molecule has 0 fully saturated rings. The number of nitrogens with one attached hydrogen (secondary N) is 3. The number of benzene rings is 2. The molecule has 4 aromatic rings. The van der Waals surface area contributed by atoms with Crippen molar-refractivity contribution in [1.29, 1.82) is 0 Å². The smallest absolute Gasteiger partial charge is 0.256 e. The minimum absolute atomic E-state index is 0.191. The molecule has 28 heavy (non-hydrogen) atoms. The molecule has 2 aromatic carbocycles. The van der Waals surface area contributed by atoms with Gasteiger partial charge >= 0.3 is 0 Å². The highest BCUT2D eigenvalue weighted by Gasteiger charge is 2.28. The van der Waals surface area contributed by atoms with Gasteiger partial charge in [0.05, 0.1) is 7.11 Å². The molecule has 1 atom stereocenters. The second-order valence-electron chi connectivity index (χ2n) is 7.12. The lowest BCUT2D eigenvalue weighted by atomic mass is 10.0. The van der Waals surface area contributed by atoms with Gasteiger partial charge in [-0.3, -0.25) is 9.89 Å². The van der Waals surface area contributed by atoms with Crippen molar-refractivity contribution in [3.8, 4) is 5.75 Å². The van der Waals surface area contributed by atoms with E-state index in [9.17, 15) is 4.79 Å². The van der Waals surface area contributed by atoms with Gasteiger partial charge in [-0.05, 0) is 48.7 Å². The van der Waals surface area contributed by atoms with Crippen LogP contribution < -0.4 is 10.1 Å². The van der Waals surface area contributed by atoms with Crippen LogP contribution >= 0.6 is 0 Å². The molecule has 140 valence electrons. The fraction of sp³-hybridized carbons (Fsp3) is 0.182. The number of amides is 1. The molecule has 1 aliphatic carbocycles. The number of rotatable bonds is 4. The van der Waals surface area contributed by atoms with E-state index in [1.165, 1.54) is 22.2 Å². The van der Waals surface area contributed by atoms with E-state index in [1.54, 1.807) is 31.4 Å². The second-order valence-corrected chi connectivity index (χ2v) is 7.12. The van der Waals surface area contributed by atoms with E-state index < -0.39 is 0 Å². The van der Waals surface area contributed by atoms with E-state index in [2.05, 4.69) is 44.8 Å². The Morgan fingerprint density at radius 3 is 2.79 bits per heavy atom. The van der Waals surface area contributed by atoms with Crippen LogP contribution in [0.25, 0.3) is 10.9 Å². The summed E-state index contributed by atoms with van der Waals surface area (Å²) in [6, 6.07) is 17.3. The molecule has 0 spiro atoms. The van der Waals surface area contributed by atoms with Crippen molar-refractivity contribution in [3.05, 3.63) is 77.1 Å². The fourth-order valence-electron chi connectivity index (χ4n) is 3.99. The highest BCUT2D eigenvalue weighted by molar-refractivity contribution is 6.03. The number of aromatic nitrogens is 3. The number of fused-ring (bicyclic) bond motifs is 3. The number of anilines is 1. The number of hydrogen-bond acceptors (Lipinski definition) is 3. The zero-order chi connectivity index (χ0) is 19.1.